The Kier molecular flexibility index (Phi) is 5.41. The van der Waals surface area contributed by atoms with E-state index >= 15 is 0 Å². The van der Waals surface area contributed by atoms with Crippen LogP contribution < -0.4 is 5.32 Å². The molecule has 8 heteroatoms. The van der Waals surface area contributed by atoms with Crippen LogP contribution in [0.4, 0.5) is 9.18 Å². The highest BCUT2D eigenvalue weighted by Gasteiger charge is 2.15. The quantitative estimate of drug-likeness (QED) is 0.866. The Bertz CT molecular complexity index is 780. The van der Waals surface area contributed by atoms with E-state index in [4.69, 9.17) is 9.84 Å². The second-order valence-corrected chi connectivity index (χ2v) is 6.42. The van der Waals surface area contributed by atoms with Gasteiger partial charge in [0.2, 0.25) is 0 Å². The third kappa shape index (κ3) is 5.30. The minimum Gasteiger partial charge on any atom is -0.478 e. The van der Waals surface area contributed by atoms with Gasteiger partial charge in [0.15, 0.2) is 0 Å². The summed E-state index contributed by atoms with van der Waals surface area (Å²) >= 11 is 0. The lowest BCUT2D eigenvalue weighted by Crippen LogP contribution is -2.34. The SMILES string of the molecule is CC(C)(C)OC(=O)NCCn1cc(-c2ccc(C(=O)O)c(F)c2)cn1. The molecule has 2 aromatic rings. The molecule has 0 saturated heterocycles. The van der Waals surface area contributed by atoms with E-state index in [9.17, 15) is 14.0 Å². The Morgan fingerprint density at radius 3 is 2.64 bits per heavy atom. The molecule has 0 fully saturated rings. The molecule has 0 unspecified atom stereocenters. The lowest BCUT2D eigenvalue weighted by Gasteiger charge is -2.19. The first-order valence-electron chi connectivity index (χ1n) is 7.68. The first kappa shape index (κ1) is 18.4. The van der Waals surface area contributed by atoms with Gasteiger partial charge >= 0.3 is 12.1 Å². The summed E-state index contributed by atoms with van der Waals surface area (Å²) in [5.74, 6) is -2.11. The first-order valence-corrected chi connectivity index (χ1v) is 7.68. The molecule has 2 rings (SSSR count). The Labute approximate surface area is 144 Å². The van der Waals surface area contributed by atoms with Gasteiger partial charge in [-0.25, -0.2) is 14.0 Å². The molecule has 1 aromatic carbocycles. The number of hydrogen-bond donors (Lipinski definition) is 2. The van der Waals surface area contributed by atoms with Gasteiger partial charge in [0.05, 0.1) is 18.3 Å². The fraction of sp³-hybridized carbons (Fsp3) is 0.353. The summed E-state index contributed by atoms with van der Waals surface area (Å²) in [6.07, 6.45) is 2.72. The molecule has 7 nitrogen and oxygen atoms in total. The van der Waals surface area contributed by atoms with Gasteiger partial charge in [-0.2, -0.15) is 5.10 Å². The summed E-state index contributed by atoms with van der Waals surface area (Å²) in [6.45, 7) is 6.07. The summed E-state index contributed by atoms with van der Waals surface area (Å²) in [7, 11) is 0. The lowest BCUT2D eigenvalue weighted by molar-refractivity contribution is 0.0525. The topological polar surface area (TPSA) is 93.5 Å². The van der Waals surface area contributed by atoms with Crippen LogP contribution in [0, 0.1) is 5.82 Å². The maximum atomic E-state index is 13.8. The predicted molar refractivity (Wildman–Crippen MR) is 88.8 cm³/mol. The van der Waals surface area contributed by atoms with Crippen molar-refractivity contribution >= 4 is 12.1 Å². The molecular weight excluding hydrogens is 329 g/mol. The zero-order chi connectivity index (χ0) is 18.6. The number of amides is 1. The first-order chi connectivity index (χ1) is 11.7. The molecule has 134 valence electrons. The maximum Gasteiger partial charge on any atom is 0.407 e. The van der Waals surface area contributed by atoms with Gasteiger partial charge in [0.1, 0.15) is 11.4 Å². The van der Waals surface area contributed by atoms with Gasteiger partial charge in [0, 0.05) is 18.3 Å². The largest absolute Gasteiger partial charge is 0.478 e. The number of rotatable bonds is 5. The average molecular weight is 349 g/mol. The van der Waals surface area contributed by atoms with Crippen molar-refractivity contribution in [3.63, 3.8) is 0 Å². The van der Waals surface area contributed by atoms with Crippen LogP contribution >= 0.6 is 0 Å². The van der Waals surface area contributed by atoms with Crippen molar-refractivity contribution < 1.29 is 23.8 Å². The number of hydrogen-bond acceptors (Lipinski definition) is 4. The molecule has 0 radical (unpaired) electrons. The van der Waals surface area contributed by atoms with Crippen molar-refractivity contribution in [2.45, 2.75) is 32.9 Å². The number of aromatic carboxylic acids is 1. The second kappa shape index (κ2) is 7.33. The van der Waals surface area contributed by atoms with Crippen LogP contribution in [-0.4, -0.2) is 39.1 Å². The van der Waals surface area contributed by atoms with Crippen LogP contribution in [0.5, 0.6) is 0 Å². The van der Waals surface area contributed by atoms with E-state index in [1.54, 1.807) is 37.8 Å². The van der Waals surface area contributed by atoms with Crippen molar-refractivity contribution in [1.82, 2.24) is 15.1 Å². The molecule has 25 heavy (non-hydrogen) atoms. The third-order valence-corrected chi connectivity index (χ3v) is 3.18. The number of nitrogens with one attached hydrogen (secondary N) is 1. The second-order valence-electron chi connectivity index (χ2n) is 6.42. The van der Waals surface area contributed by atoms with E-state index in [0.29, 0.717) is 24.2 Å². The van der Waals surface area contributed by atoms with E-state index < -0.39 is 23.5 Å². The van der Waals surface area contributed by atoms with Crippen LogP contribution in [-0.2, 0) is 11.3 Å². The van der Waals surface area contributed by atoms with Crippen molar-refractivity contribution in [3.8, 4) is 11.1 Å². The highest BCUT2D eigenvalue weighted by atomic mass is 19.1. The number of carbonyl (C=O) groups excluding carboxylic acids is 1. The number of ether oxygens (including phenoxy) is 1. The van der Waals surface area contributed by atoms with Gasteiger partial charge in [-0.15, -0.1) is 0 Å². The molecule has 0 spiro atoms. The number of benzene rings is 1. The van der Waals surface area contributed by atoms with Crippen molar-refractivity contribution in [3.05, 3.63) is 42.0 Å². The van der Waals surface area contributed by atoms with Crippen LogP contribution in [0.3, 0.4) is 0 Å². The Balaban J connectivity index is 1.95. The van der Waals surface area contributed by atoms with E-state index in [0.717, 1.165) is 6.07 Å². The number of halogens is 1. The molecule has 2 N–H and O–H groups in total. The Morgan fingerprint density at radius 1 is 1.32 bits per heavy atom. The molecule has 1 amide bonds. The summed E-state index contributed by atoms with van der Waals surface area (Å²) < 4.78 is 20.5. The molecule has 0 aliphatic carbocycles. The van der Waals surface area contributed by atoms with Crippen LogP contribution in [0.15, 0.2) is 30.6 Å². The lowest BCUT2D eigenvalue weighted by atomic mass is 10.1. The average Bonchev–Trinajstić information content (AvgIpc) is 2.93. The fourth-order valence-electron chi connectivity index (χ4n) is 2.09. The summed E-state index contributed by atoms with van der Waals surface area (Å²) in [5, 5.41) is 15.6. The minimum atomic E-state index is -1.31. The number of nitrogens with zero attached hydrogens (tertiary/aromatic N) is 2. The monoisotopic (exact) mass is 349 g/mol. The highest BCUT2D eigenvalue weighted by molar-refractivity contribution is 5.88. The van der Waals surface area contributed by atoms with Crippen LogP contribution in [0.1, 0.15) is 31.1 Å². The maximum absolute atomic E-state index is 13.8. The third-order valence-electron chi connectivity index (χ3n) is 3.18. The normalized spacial score (nSPS) is 11.2. The highest BCUT2D eigenvalue weighted by Crippen LogP contribution is 2.21. The molecule has 1 aromatic heterocycles. The molecule has 0 atom stereocenters. The summed E-state index contributed by atoms with van der Waals surface area (Å²) in [4.78, 5) is 22.4. The van der Waals surface area contributed by atoms with E-state index in [1.807, 2.05) is 0 Å². The molecule has 0 bridgehead atoms. The molecule has 1 heterocycles. The van der Waals surface area contributed by atoms with Crippen LogP contribution in [0.2, 0.25) is 0 Å². The van der Waals surface area contributed by atoms with Crippen LogP contribution in [0.25, 0.3) is 11.1 Å². The number of alkyl carbamates (subject to hydrolysis) is 1. The number of carboxylic acid groups (broad SMARTS) is 1. The van der Waals surface area contributed by atoms with Gasteiger partial charge in [-0.1, -0.05) is 6.07 Å². The standard InChI is InChI=1S/C17H20FN3O4/c1-17(2,3)25-16(24)19-6-7-21-10-12(9-20-21)11-4-5-13(15(22)23)14(18)8-11/h4-5,8-10H,6-7H2,1-3H3,(H,19,24)(H,22,23). The van der Waals surface area contributed by atoms with Gasteiger partial charge < -0.3 is 15.2 Å². The Morgan fingerprint density at radius 2 is 2.04 bits per heavy atom. The predicted octanol–water partition coefficient (Wildman–Crippen LogP) is 2.91. The number of carboxylic acids is 1. The molecule has 0 aliphatic heterocycles. The molecule has 0 aliphatic rings. The molecule has 0 saturated carbocycles. The van der Waals surface area contributed by atoms with Gasteiger partial charge in [-0.3, -0.25) is 4.68 Å². The smallest absolute Gasteiger partial charge is 0.407 e. The van der Waals surface area contributed by atoms with E-state index in [2.05, 4.69) is 10.4 Å². The van der Waals surface area contributed by atoms with Crippen molar-refractivity contribution in [2.24, 2.45) is 0 Å². The fourth-order valence-corrected chi connectivity index (χ4v) is 2.09. The number of aromatic nitrogens is 2. The molecular formula is C17H20FN3O4. The minimum absolute atomic E-state index is 0.322. The summed E-state index contributed by atoms with van der Waals surface area (Å²) in [6, 6.07) is 3.89. The number of carbonyl (C=O) groups is 2. The zero-order valence-corrected chi connectivity index (χ0v) is 14.2. The van der Waals surface area contributed by atoms with Crippen molar-refractivity contribution in [1.29, 1.82) is 0 Å². The van der Waals surface area contributed by atoms with Gasteiger partial charge in [-0.05, 0) is 38.5 Å². The van der Waals surface area contributed by atoms with Gasteiger partial charge in [0.25, 0.3) is 0 Å². The summed E-state index contributed by atoms with van der Waals surface area (Å²) in [5.41, 5.74) is 0.231. The van der Waals surface area contributed by atoms with E-state index in [1.165, 1.54) is 12.1 Å². The van der Waals surface area contributed by atoms with E-state index in [-0.39, 0.29) is 5.56 Å². The zero-order valence-electron chi connectivity index (χ0n) is 14.2. The Hall–Kier alpha value is -2.90. The van der Waals surface area contributed by atoms with Crippen molar-refractivity contribution in [2.75, 3.05) is 6.54 Å².